The van der Waals surface area contributed by atoms with Gasteiger partial charge < -0.3 is 16.0 Å². The van der Waals surface area contributed by atoms with Gasteiger partial charge in [0.15, 0.2) is 0 Å². The summed E-state index contributed by atoms with van der Waals surface area (Å²) in [5, 5.41) is 2.82. The summed E-state index contributed by atoms with van der Waals surface area (Å²) < 4.78 is 0. The van der Waals surface area contributed by atoms with Crippen LogP contribution in [0.3, 0.4) is 0 Å². The van der Waals surface area contributed by atoms with Gasteiger partial charge in [-0.05, 0) is 26.7 Å². The Hall–Kier alpha value is -1.10. The van der Waals surface area contributed by atoms with Crippen LogP contribution in [0.25, 0.3) is 0 Å². The molecule has 0 saturated heterocycles. The van der Waals surface area contributed by atoms with E-state index in [0.29, 0.717) is 13.0 Å². The smallest absolute Gasteiger partial charge is 0.224 e. The molecule has 0 aromatic carbocycles. The van der Waals surface area contributed by atoms with Crippen LogP contribution in [0.5, 0.6) is 0 Å². The average molecular weight is 255 g/mol. The molecule has 1 fully saturated rings. The van der Waals surface area contributed by atoms with Gasteiger partial charge in [0.2, 0.25) is 11.8 Å². The van der Waals surface area contributed by atoms with E-state index in [9.17, 15) is 9.59 Å². The topological polar surface area (TPSA) is 75.4 Å². The van der Waals surface area contributed by atoms with Gasteiger partial charge in [0, 0.05) is 32.1 Å². The third kappa shape index (κ3) is 3.98. The largest absolute Gasteiger partial charge is 0.355 e. The number of carbonyl (C=O) groups is 2. The predicted molar refractivity (Wildman–Crippen MR) is 70.9 cm³/mol. The third-order valence-electron chi connectivity index (χ3n) is 3.66. The quantitative estimate of drug-likeness (QED) is 0.725. The molecule has 104 valence electrons. The standard InChI is InChI=1S/C13H25N3O2/c1-3-16(4-2)12(17)8-9-15-13(18)10-6-5-7-11(10)14/h10-11H,3-9,14H2,1-2H3,(H,15,18). The molecular formula is C13H25N3O2. The minimum absolute atomic E-state index is 0.00680. The molecule has 2 amide bonds. The molecule has 1 aliphatic rings. The second-order valence-corrected chi connectivity index (χ2v) is 4.81. The number of hydrogen-bond acceptors (Lipinski definition) is 3. The average Bonchev–Trinajstić information content (AvgIpc) is 2.77. The molecule has 1 saturated carbocycles. The minimum atomic E-state index is -0.0615. The van der Waals surface area contributed by atoms with E-state index in [1.165, 1.54) is 0 Å². The maximum Gasteiger partial charge on any atom is 0.224 e. The highest BCUT2D eigenvalue weighted by atomic mass is 16.2. The lowest BCUT2D eigenvalue weighted by atomic mass is 10.0. The van der Waals surface area contributed by atoms with Crippen LogP contribution in [-0.2, 0) is 9.59 Å². The van der Waals surface area contributed by atoms with E-state index in [1.54, 1.807) is 4.90 Å². The zero-order valence-corrected chi connectivity index (χ0v) is 11.4. The number of nitrogens with one attached hydrogen (secondary N) is 1. The highest BCUT2D eigenvalue weighted by Crippen LogP contribution is 2.23. The Morgan fingerprint density at radius 2 is 1.94 bits per heavy atom. The van der Waals surface area contributed by atoms with Crippen molar-refractivity contribution in [2.75, 3.05) is 19.6 Å². The second kappa shape index (κ2) is 7.36. The van der Waals surface area contributed by atoms with Crippen molar-refractivity contribution in [1.29, 1.82) is 0 Å². The fourth-order valence-electron chi connectivity index (χ4n) is 2.47. The highest BCUT2D eigenvalue weighted by molar-refractivity contribution is 5.81. The molecule has 2 unspecified atom stereocenters. The van der Waals surface area contributed by atoms with Crippen LogP contribution in [0.1, 0.15) is 39.5 Å². The second-order valence-electron chi connectivity index (χ2n) is 4.81. The van der Waals surface area contributed by atoms with Gasteiger partial charge in [0.05, 0.1) is 5.92 Å². The van der Waals surface area contributed by atoms with Gasteiger partial charge in [0.1, 0.15) is 0 Å². The molecule has 5 heteroatoms. The van der Waals surface area contributed by atoms with Crippen LogP contribution >= 0.6 is 0 Å². The van der Waals surface area contributed by atoms with Gasteiger partial charge >= 0.3 is 0 Å². The van der Waals surface area contributed by atoms with Crippen molar-refractivity contribution in [3.63, 3.8) is 0 Å². The zero-order valence-electron chi connectivity index (χ0n) is 11.4. The number of rotatable bonds is 6. The molecule has 0 bridgehead atoms. The molecule has 5 nitrogen and oxygen atoms in total. The molecule has 0 aliphatic heterocycles. The van der Waals surface area contributed by atoms with Crippen molar-refractivity contribution < 1.29 is 9.59 Å². The first-order chi connectivity index (χ1) is 8.60. The summed E-state index contributed by atoms with van der Waals surface area (Å²) in [5.41, 5.74) is 5.87. The van der Waals surface area contributed by atoms with Gasteiger partial charge in [0.25, 0.3) is 0 Å². The molecule has 0 radical (unpaired) electrons. The van der Waals surface area contributed by atoms with Gasteiger partial charge in [-0.15, -0.1) is 0 Å². The Morgan fingerprint density at radius 3 is 2.44 bits per heavy atom. The molecule has 0 aromatic rings. The van der Waals surface area contributed by atoms with E-state index in [4.69, 9.17) is 5.73 Å². The Balaban J connectivity index is 2.25. The molecule has 0 spiro atoms. The van der Waals surface area contributed by atoms with Crippen LogP contribution in [-0.4, -0.2) is 42.4 Å². The van der Waals surface area contributed by atoms with Crippen molar-refractivity contribution >= 4 is 11.8 Å². The lowest BCUT2D eigenvalue weighted by Crippen LogP contribution is -2.40. The molecule has 3 N–H and O–H groups in total. The molecule has 0 heterocycles. The van der Waals surface area contributed by atoms with Crippen LogP contribution in [0.2, 0.25) is 0 Å². The van der Waals surface area contributed by atoms with Gasteiger partial charge in [-0.25, -0.2) is 0 Å². The predicted octanol–water partition coefficient (Wildman–Crippen LogP) is 0.489. The Bertz CT molecular complexity index is 290. The fourth-order valence-corrected chi connectivity index (χ4v) is 2.47. The Labute approximate surface area is 109 Å². The minimum Gasteiger partial charge on any atom is -0.355 e. The summed E-state index contributed by atoms with van der Waals surface area (Å²) in [5.74, 6) is 0.0388. The summed E-state index contributed by atoms with van der Waals surface area (Å²) >= 11 is 0. The summed E-state index contributed by atoms with van der Waals surface area (Å²) in [6, 6.07) is -0.0107. The number of amides is 2. The lowest BCUT2D eigenvalue weighted by molar-refractivity contribution is -0.131. The van der Waals surface area contributed by atoms with E-state index >= 15 is 0 Å². The number of nitrogens with zero attached hydrogens (tertiary/aromatic N) is 1. The van der Waals surface area contributed by atoms with Crippen molar-refractivity contribution in [2.45, 2.75) is 45.6 Å². The van der Waals surface area contributed by atoms with E-state index in [1.807, 2.05) is 13.8 Å². The fraction of sp³-hybridized carbons (Fsp3) is 0.846. The van der Waals surface area contributed by atoms with E-state index < -0.39 is 0 Å². The van der Waals surface area contributed by atoms with Crippen molar-refractivity contribution in [1.82, 2.24) is 10.2 Å². The van der Waals surface area contributed by atoms with Crippen LogP contribution in [0, 0.1) is 5.92 Å². The maximum absolute atomic E-state index is 11.8. The first-order valence-corrected chi connectivity index (χ1v) is 6.91. The van der Waals surface area contributed by atoms with Crippen LogP contribution in [0.15, 0.2) is 0 Å². The zero-order chi connectivity index (χ0) is 13.5. The maximum atomic E-state index is 11.8. The first kappa shape index (κ1) is 15.0. The number of carbonyl (C=O) groups excluding carboxylic acids is 2. The van der Waals surface area contributed by atoms with E-state index in [2.05, 4.69) is 5.32 Å². The van der Waals surface area contributed by atoms with E-state index in [0.717, 1.165) is 32.4 Å². The summed E-state index contributed by atoms with van der Waals surface area (Å²) in [7, 11) is 0. The summed E-state index contributed by atoms with van der Waals surface area (Å²) in [6.07, 6.45) is 3.19. The van der Waals surface area contributed by atoms with Crippen LogP contribution in [0.4, 0.5) is 0 Å². The molecule has 1 rings (SSSR count). The van der Waals surface area contributed by atoms with Gasteiger partial charge in [-0.3, -0.25) is 9.59 Å². The van der Waals surface area contributed by atoms with Crippen molar-refractivity contribution in [3.8, 4) is 0 Å². The van der Waals surface area contributed by atoms with Crippen LogP contribution < -0.4 is 11.1 Å². The molecular weight excluding hydrogens is 230 g/mol. The Morgan fingerprint density at radius 1 is 1.28 bits per heavy atom. The monoisotopic (exact) mass is 255 g/mol. The SMILES string of the molecule is CCN(CC)C(=O)CCNC(=O)C1CCCC1N. The normalized spacial score (nSPS) is 22.8. The lowest BCUT2D eigenvalue weighted by Gasteiger charge is -2.19. The summed E-state index contributed by atoms with van der Waals surface area (Å²) in [4.78, 5) is 25.3. The summed E-state index contributed by atoms with van der Waals surface area (Å²) in [6.45, 7) is 5.76. The van der Waals surface area contributed by atoms with E-state index in [-0.39, 0.29) is 23.8 Å². The number of hydrogen-bond donors (Lipinski definition) is 2. The first-order valence-electron chi connectivity index (χ1n) is 6.91. The number of nitrogens with two attached hydrogens (primary N) is 1. The van der Waals surface area contributed by atoms with Crippen molar-refractivity contribution in [3.05, 3.63) is 0 Å². The molecule has 0 aromatic heterocycles. The Kier molecular flexibility index (Phi) is 6.12. The van der Waals surface area contributed by atoms with Crippen molar-refractivity contribution in [2.24, 2.45) is 11.7 Å². The van der Waals surface area contributed by atoms with Gasteiger partial charge in [-0.2, -0.15) is 0 Å². The molecule has 1 aliphatic carbocycles. The molecule has 18 heavy (non-hydrogen) atoms. The van der Waals surface area contributed by atoms with Gasteiger partial charge in [-0.1, -0.05) is 6.42 Å². The third-order valence-corrected chi connectivity index (χ3v) is 3.66. The highest BCUT2D eigenvalue weighted by Gasteiger charge is 2.29. The molecule has 2 atom stereocenters.